The molecule has 1 atom stereocenters. The zero-order valence-electron chi connectivity index (χ0n) is 8.31. The summed E-state index contributed by atoms with van der Waals surface area (Å²) < 4.78 is 7.21. The quantitative estimate of drug-likeness (QED) is 0.791. The van der Waals surface area contributed by atoms with Crippen molar-refractivity contribution in [3.63, 3.8) is 0 Å². The van der Waals surface area contributed by atoms with Crippen molar-refractivity contribution < 1.29 is 4.74 Å². The summed E-state index contributed by atoms with van der Waals surface area (Å²) >= 11 is 0. The molecule has 1 aliphatic heterocycles. The molecule has 2 heterocycles. The number of nitrogens with one attached hydrogen (secondary N) is 1. The lowest BCUT2D eigenvalue weighted by molar-refractivity contribution is 0.135. The van der Waals surface area contributed by atoms with Crippen molar-refractivity contribution in [3.05, 3.63) is 24.6 Å². The third-order valence-electron chi connectivity index (χ3n) is 2.25. The summed E-state index contributed by atoms with van der Waals surface area (Å²) in [5.41, 5.74) is 0. The first kappa shape index (κ1) is 9.12. The van der Waals surface area contributed by atoms with Crippen LogP contribution in [-0.2, 0) is 11.8 Å². The lowest BCUT2D eigenvalue weighted by Crippen LogP contribution is -2.23. The normalized spacial score (nSPS) is 20.5. The van der Waals surface area contributed by atoms with E-state index in [0.29, 0.717) is 0 Å². The molecule has 0 fully saturated rings. The number of aromatic nitrogens is 2. The second-order valence-electron chi connectivity index (χ2n) is 3.46. The summed E-state index contributed by atoms with van der Waals surface area (Å²) in [5, 5.41) is 7.47. The largest absolute Gasteiger partial charge is 0.497 e. The van der Waals surface area contributed by atoms with Crippen LogP contribution >= 0.6 is 0 Å². The van der Waals surface area contributed by atoms with Crippen molar-refractivity contribution >= 4 is 5.82 Å². The van der Waals surface area contributed by atoms with Crippen LogP contribution in [0.1, 0.15) is 12.8 Å². The molecule has 14 heavy (non-hydrogen) atoms. The van der Waals surface area contributed by atoms with Crippen molar-refractivity contribution in [3.8, 4) is 0 Å². The Morgan fingerprint density at radius 3 is 3.29 bits per heavy atom. The molecule has 0 radical (unpaired) electrons. The van der Waals surface area contributed by atoms with E-state index in [-0.39, 0.29) is 6.10 Å². The molecule has 0 spiro atoms. The van der Waals surface area contributed by atoms with E-state index in [1.807, 2.05) is 19.3 Å². The lowest BCUT2D eigenvalue weighted by atomic mass is 10.1. The zero-order chi connectivity index (χ0) is 9.80. The molecule has 76 valence electrons. The Hall–Kier alpha value is -1.45. The molecule has 4 heteroatoms. The van der Waals surface area contributed by atoms with Crippen LogP contribution in [0.4, 0.5) is 5.82 Å². The van der Waals surface area contributed by atoms with E-state index in [1.165, 1.54) is 0 Å². The van der Waals surface area contributed by atoms with Gasteiger partial charge in [-0.25, -0.2) is 0 Å². The van der Waals surface area contributed by atoms with E-state index in [2.05, 4.69) is 16.5 Å². The number of anilines is 1. The van der Waals surface area contributed by atoms with Gasteiger partial charge in [0.2, 0.25) is 0 Å². The molecule has 2 rings (SSSR count). The second-order valence-corrected chi connectivity index (χ2v) is 3.46. The zero-order valence-corrected chi connectivity index (χ0v) is 8.31. The van der Waals surface area contributed by atoms with Crippen molar-refractivity contribution in [1.82, 2.24) is 9.78 Å². The first-order chi connectivity index (χ1) is 6.84. The summed E-state index contributed by atoms with van der Waals surface area (Å²) in [6, 6.07) is 1.96. The molecule has 0 saturated carbocycles. The van der Waals surface area contributed by atoms with Gasteiger partial charge in [-0.05, 0) is 18.9 Å². The lowest BCUT2D eigenvalue weighted by Gasteiger charge is -2.19. The highest BCUT2D eigenvalue weighted by Crippen LogP contribution is 2.11. The first-order valence-electron chi connectivity index (χ1n) is 4.88. The maximum absolute atomic E-state index is 5.43. The van der Waals surface area contributed by atoms with Gasteiger partial charge < -0.3 is 10.1 Å². The number of hydrogen-bond donors (Lipinski definition) is 1. The van der Waals surface area contributed by atoms with E-state index in [1.54, 1.807) is 10.9 Å². The number of hydrogen-bond acceptors (Lipinski definition) is 3. The van der Waals surface area contributed by atoms with E-state index in [9.17, 15) is 0 Å². The Bertz CT molecular complexity index is 319. The number of nitrogens with zero attached hydrogens (tertiary/aromatic N) is 2. The molecule has 0 amide bonds. The van der Waals surface area contributed by atoms with E-state index in [4.69, 9.17) is 4.74 Å². The Balaban J connectivity index is 1.79. The summed E-state index contributed by atoms with van der Waals surface area (Å²) in [4.78, 5) is 0. The Labute approximate surface area is 83.6 Å². The van der Waals surface area contributed by atoms with Crippen LogP contribution in [0.25, 0.3) is 0 Å². The standard InChI is InChI=1S/C10H15N3O/c1-13-6-5-10(12-13)11-8-9-4-2-3-7-14-9/h3,5-7,9H,2,4,8H2,1H3,(H,11,12). The fraction of sp³-hybridized carbons (Fsp3) is 0.500. The summed E-state index contributed by atoms with van der Waals surface area (Å²) in [6.07, 6.45) is 8.22. The average Bonchev–Trinajstić information content (AvgIpc) is 2.63. The highest BCUT2D eigenvalue weighted by Gasteiger charge is 2.10. The van der Waals surface area contributed by atoms with Gasteiger partial charge in [0.1, 0.15) is 11.9 Å². The van der Waals surface area contributed by atoms with Gasteiger partial charge in [0, 0.05) is 19.3 Å². The van der Waals surface area contributed by atoms with Gasteiger partial charge in [-0.2, -0.15) is 5.10 Å². The van der Waals surface area contributed by atoms with Gasteiger partial charge in [0.15, 0.2) is 0 Å². The minimum absolute atomic E-state index is 0.280. The van der Waals surface area contributed by atoms with E-state index < -0.39 is 0 Å². The summed E-state index contributed by atoms with van der Waals surface area (Å²) in [5.74, 6) is 0.908. The van der Waals surface area contributed by atoms with Crippen molar-refractivity contribution in [1.29, 1.82) is 0 Å². The third-order valence-corrected chi connectivity index (χ3v) is 2.25. The molecular formula is C10H15N3O. The van der Waals surface area contributed by atoms with Crippen molar-refractivity contribution in [2.75, 3.05) is 11.9 Å². The molecular weight excluding hydrogens is 178 g/mol. The van der Waals surface area contributed by atoms with E-state index >= 15 is 0 Å². The third kappa shape index (κ3) is 2.28. The first-order valence-corrected chi connectivity index (χ1v) is 4.88. The van der Waals surface area contributed by atoms with Crippen LogP contribution in [-0.4, -0.2) is 22.4 Å². The molecule has 1 aromatic rings. The van der Waals surface area contributed by atoms with Crippen LogP contribution in [0.2, 0.25) is 0 Å². The van der Waals surface area contributed by atoms with E-state index in [0.717, 1.165) is 25.2 Å². The van der Waals surface area contributed by atoms with Crippen LogP contribution < -0.4 is 5.32 Å². The van der Waals surface area contributed by atoms with Gasteiger partial charge >= 0.3 is 0 Å². The maximum atomic E-state index is 5.43. The SMILES string of the molecule is Cn1ccc(NCC2CCC=CO2)n1. The van der Waals surface area contributed by atoms with Gasteiger partial charge in [0.05, 0.1) is 12.8 Å². The second kappa shape index (κ2) is 4.17. The summed E-state index contributed by atoms with van der Waals surface area (Å²) in [7, 11) is 1.91. The van der Waals surface area contributed by atoms with Crippen LogP contribution in [0.15, 0.2) is 24.6 Å². The smallest absolute Gasteiger partial charge is 0.148 e. The average molecular weight is 193 g/mol. The molecule has 1 unspecified atom stereocenters. The van der Waals surface area contributed by atoms with Gasteiger partial charge in [-0.3, -0.25) is 4.68 Å². The van der Waals surface area contributed by atoms with Gasteiger partial charge in [-0.15, -0.1) is 0 Å². The predicted octanol–water partition coefficient (Wildman–Crippen LogP) is 1.52. The van der Waals surface area contributed by atoms with Crippen LogP contribution in [0.3, 0.4) is 0 Å². The highest BCUT2D eigenvalue weighted by atomic mass is 16.5. The van der Waals surface area contributed by atoms with Gasteiger partial charge in [0.25, 0.3) is 0 Å². The number of ether oxygens (including phenoxy) is 1. The molecule has 4 nitrogen and oxygen atoms in total. The Morgan fingerprint density at radius 1 is 1.71 bits per heavy atom. The van der Waals surface area contributed by atoms with Crippen LogP contribution in [0.5, 0.6) is 0 Å². The topological polar surface area (TPSA) is 39.1 Å². The molecule has 0 saturated heterocycles. The molecule has 0 aromatic carbocycles. The summed E-state index contributed by atoms with van der Waals surface area (Å²) in [6.45, 7) is 0.821. The van der Waals surface area contributed by atoms with Crippen molar-refractivity contribution in [2.45, 2.75) is 18.9 Å². The monoisotopic (exact) mass is 193 g/mol. The Morgan fingerprint density at radius 2 is 2.64 bits per heavy atom. The molecule has 1 aliphatic rings. The minimum Gasteiger partial charge on any atom is -0.497 e. The molecule has 1 aromatic heterocycles. The molecule has 0 aliphatic carbocycles. The van der Waals surface area contributed by atoms with Crippen molar-refractivity contribution in [2.24, 2.45) is 7.05 Å². The molecule has 1 N–H and O–H groups in total. The molecule has 0 bridgehead atoms. The Kier molecular flexibility index (Phi) is 2.72. The number of allylic oxidation sites excluding steroid dienone is 1. The maximum Gasteiger partial charge on any atom is 0.148 e. The minimum atomic E-state index is 0.280. The fourth-order valence-electron chi connectivity index (χ4n) is 1.46. The fourth-order valence-corrected chi connectivity index (χ4v) is 1.46. The highest BCUT2D eigenvalue weighted by molar-refractivity contribution is 5.32. The van der Waals surface area contributed by atoms with Crippen LogP contribution in [0, 0.1) is 0 Å². The number of rotatable bonds is 3. The number of aryl methyl sites for hydroxylation is 1. The van der Waals surface area contributed by atoms with Gasteiger partial charge in [-0.1, -0.05) is 0 Å². The predicted molar refractivity (Wildman–Crippen MR) is 54.9 cm³/mol.